The molecule has 5 nitrogen and oxygen atoms in total. The lowest BCUT2D eigenvalue weighted by molar-refractivity contribution is -0.138. The van der Waals surface area contributed by atoms with Gasteiger partial charge >= 0.3 is 12.1 Å². The Bertz CT molecular complexity index is 396. The summed E-state index contributed by atoms with van der Waals surface area (Å²) in [6.07, 6.45) is -0.734. The first-order valence-electron chi connectivity index (χ1n) is 5.32. The highest BCUT2D eigenvalue weighted by atomic mass is 32.2. The van der Waals surface area contributed by atoms with Gasteiger partial charge in [0.1, 0.15) is 6.04 Å². The number of alkyl carbamates (subject to hydrolysis) is 1. The van der Waals surface area contributed by atoms with E-state index in [1.807, 2.05) is 30.3 Å². The van der Waals surface area contributed by atoms with E-state index in [4.69, 9.17) is 5.11 Å². The van der Waals surface area contributed by atoms with Crippen molar-refractivity contribution in [3.63, 3.8) is 0 Å². The van der Waals surface area contributed by atoms with E-state index in [-0.39, 0.29) is 0 Å². The quantitative estimate of drug-likeness (QED) is 0.822. The smallest absolute Gasteiger partial charge is 0.407 e. The monoisotopic (exact) mass is 269 g/mol. The summed E-state index contributed by atoms with van der Waals surface area (Å²) in [4.78, 5) is 21.9. The second-order valence-electron chi connectivity index (χ2n) is 3.53. The van der Waals surface area contributed by atoms with Crippen LogP contribution in [-0.2, 0) is 15.3 Å². The van der Waals surface area contributed by atoms with Crippen molar-refractivity contribution >= 4 is 23.8 Å². The molecule has 2 N–H and O–H groups in total. The van der Waals surface area contributed by atoms with Crippen LogP contribution in [0.3, 0.4) is 0 Å². The van der Waals surface area contributed by atoms with Gasteiger partial charge in [-0.2, -0.15) is 11.8 Å². The number of carboxylic acid groups (broad SMARTS) is 1. The van der Waals surface area contributed by atoms with E-state index in [2.05, 4.69) is 10.1 Å². The molecule has 0 aliphatic rings. The molecule has 1 rings (SSSR count). The van der Waals surface area contributed by atoms with Gasteiger partial charge in [-0.1, -0.05) is 30.3 Å². The number of carbonyl (C=O) groups excluding carboxylic acids is 1. The summed E-state index contributed by atoms with van der Waals surface area (Å²) < 4.78 is 4.37. The Kier molecular flexibility index (Phi) is 6.07. The minimum atomic E-state index is -1.07. The Hall–Kier alpha value is -1.69. The molecule has 1 aromatic carbocycles. The zero-order valence-electron chi connectivity index (χ0n) is 9.96. The number of carbonyl (C=O) groups is 2. The lowest BCUT2D eigenvalue weighted by Crippen LogP contribution is -2.42. The number of carboxylic acids is 1. The zero-order chi connectivity index (χ0) is 13.4. The van der Waals surface area contributed by atoms with Crippen molar-refractivity contribution in [3.8, 4) is 0 Å². The van der Waals surface area contributed by atoms with Crippen LogP contribution < -0.4 is 5.32 Å². The van der Waals surface area contributed by atoms with E-state index in [1.54, 1.807) is 0 Å². The second-order valence-corrected chi connectivity index (χ2v) is 4.56. The lowest BCUT2D eigenvalue weighted by atomic mass is 10.2. The van der Waals surface area contributed by atoms with Crippen LogP contribution in [0.2, 0.25) is 0 Å². The van der Waals surface area contributed by atoms with Crippen LogP contribution in [0.25, 0.3) is 0 Å². The van der Waals surface area contributed by atoms with Gasteiger partial charge < -0.3 is 15.2 Å². The van der Waals surface area contributed by atoms with Gasteiger partial charge in [0.05, 0.1) is 7.11 Å². The number of hydrogen-bond donors (Lipinski definition) is 2. The van der Waals surface area contributed by atoms with Crippen molar-refractivity contribution in [1.29, 1.82) is 0 Å². The highest BCUT2D eigenvalue weighted by Crippen LogP contribution is 2.12. The number of rotatable bonds is 6. The Morgan fingerprint density at radius 3 is 2.61 bits per heavy atom. The number of nitrogens with one attached hydrogen (secondary N) is 1. The number of hydrogen-bond acceptors (Lipinski definition) is 4. The number of benzene rings is 1. The van der Waals surface area contributed by atoms with Crippen LogP contribution in [0.1, 0.15) is 5.56 Å². The minimum absolute atomic E-state index is 0.291. The number of methoxy groups -OCH3 is 1. The summed E-state index contributed by atoms with van der Waals surface area (Å²) in [6.45, 7) is 0. The lowest BCUT2D eigenvalue weighted by Gasteiger charge is -2.13. The van der Waals surface area contributed by atoms with Gasteiger partial charge in [0, 0.05) is 11.5 Å². The standard InChI is InChI=1S/C12H15NO4S/c1-17-12(16)13-10(11(14)15)8-18-7-9-5-3-2-4-6-9/h2-6,10H,7-8H2,1H3,(H,13,16)(H,14,15). The number of amides is 1. The topological polar surface area (TPSA) is 75.6 Å². The molecule has 6 heteroatoms. The van der Waals surface area contributed by atoms with Crippen LogP contribution in [0.4, 0.5) is 4.79 Å². The average Bonchev–Trinajstić information content (AvgIpc) is 2.38. The molecule has 1 unspecified atom stereocenters. The zero-order valence-corrected chi connectivity index (χ0v) is 10.8. The normalized spacial score (nSPS) is 11.6. The maximum Gasteiger partial charge on any atom is 0.407 e. The first-order chi connectivity index (χ1) is 8.63. The Morgan fingerprint density at radius 2 is 2.06 bits per heavy atom. The Labute approximate surface area is 110 Å². The molecule has 0 radical (unpaired) electrons. The SMILES string of the molecule is COC(=O)NC(CSCc1ccccc1)C(=O)O. The summed E-state index contributed by atoms with van der Waals surface area (Å²) in [5.74, 6) is -0.0757. The van der Waals surface area contributed by atoms with Gasteiger partial charge in [-0.25, -0.2) is 9.59 Å². The predicted octanol–water partition coefficient (Wildman–Crippen LogP) is 1.73. The van der Waals surface area contributed by atoms with Crippen molar-refractivity contribution in [3.05, 3.63) is 35.9 Å². The van der Waals surface area contributed by atoms with Crippen molar-refractivity contribution in [2.45, 2.75) is 11.8 Å². The number of aliphatic carboxylic acids is 1. The van der Waals surface area contributed by atoms with Gasteiger partial charge in [-0.15, -0.1) is 0 Å². The van der Waals surface area contributed by atoms with Gasteiger partial charge in [-0.05, 0) is 5.56 Å². The van der Waals surface area contributed by atoms with E-state index >= 15 is 0 Å². The van der Waals surface area contributed by atoms with Gasteiger partial charge in [0.15, 0.2) is 0 Å². The fraction of sp³-hybridized carbons (Fsp3) is 0.333. The highest BCUT2D eigenvalue weighted by molar-refractivity contribution is 7.98. The van der Waals surface area contributed by atoms with Crippen LogP contribution in [0.5, 0.6) is 0 Å². The highest BCUT2D eigenvalue weighted by Gasteiger charge is 2.19. The fourth-order valence-corrected chi connectivity index (χ4v) is 2.25. The molecule has 1 amide bonds. The summed E-state index contributed by atoms with van der Waals surface area (Å²) in [7, 11) is 1.20. The van der Waals surface area contributed by atoms with Crippen molar-refractivity contribution in [1.82, 2.24) is 5.32 Å². The van der Waals surface area contributed by atoms with E-state index in [9.17, 15) is 9.59 Å². The molecular weight excluding hydrogens is 254 g/mol. The van der Waals surface area contributed by atoms with Crippen LogP contribution in [0.15, 0.2) is 30.3 Å². The van der Waals surface area contributed by atoms with Crippen LogP contribution in [-0.4, -0.2) is 36.1 Å². The largest absolute Gasteiger partial charge is 0.480 e. The maximum absolute atomic E-state index is 11.0. The van der Waals surface area contributed by atoms with E-state index in [1.165, 1.54) is 18.9 Å². The van der Waals surface area contributed by atoms with E-state index in [0.717, 1.165) is 5.56 Å². The Balaban J connectivity index is 2.38. The molecule has 0 saturated carbocycles. The molecule has 18 heavy (non-hydrogen) atoms. The van der Waals surface area contributed by atoms with Crippen molar-refractivity contribution < 1.29 is 19.4 Å². The molecule has 0 aliphatic carbocycles. The summed E-state index contributed by atoms with van der Waals surface area (Å²) in [6, 6.07) is 8.78. The summed E-state index contributed by atoms with van der Waals surface area (Å²) in [5, 5.41) is 11.2. The first kappa shape index (κ1) is 14.4. The van der Waals surface area contributed by atoms with Gasteiger partial charge in [-0.3, -0.25) is 0 Å². The predicted molar refractivity (Wildman–Crippen MR) is 69.6 cm³/mol. The molecule has 0 fully saturated rings. The maximum atomic E-state index is 11.0. The van der Waals surface area contributed by atoms with Crippen LogP contribution in [0, 0.1) is 0 Å². The second kappa shape index (κ2) is 7.60. The Morgan fingerprint density at radius 1 is 1.39 bits per heavy atom. The number of thioether (sulfide) groups is 1. The molecular formula is C12H15NO4S. The fourth-order valence-electron chi connectivity index (χ4n) is 1.24. The third-order valence-corrected chi connectivity index (χ3v) is 3.28. The molecule has 0 aromatic heterocycles. The summed E-state index contributed by atoms with van der Waals surface area (Å²) in [5.41, 5.74) is 1.12. The minimum Gasteiger partial charge on any atom is -0.480 e. The molecule has 1 aromatic rings. The van der Waals surface area contributed by atoms with Gasteiger partial charge in [0.25, 0.3) is 0 Å². The molecule has 98 valence electrons. The molecule has 1 atom stereocenters. The molecule has 0 bridgehead atoms. The van der Waals surface area contributed by atoms with E-state index in [0.29, 0.717) is 11.5 Å². The summed E-state index contributed by atoms with van der Waals surface area (Å²) >= 11 is 1.44. The third kappa shape index (κ3) is 5.09. The molecule has 0 saturated heterocycles. The van der Waals surface area contributed by atoms with Crippen LogP contribution >= 0.6 is 11.8 Å². The molecule has 0 heterocycles. The van der Waals surface area contributed by atoms with E-state index < -0.39 is 18.1 Å². The molecule has 0 aliphatic heterocycles. The van der Waals surface area contributed by atoms with Gasteiger partial charge in [0.2, 0.25) is 0 Å². The van der Waals surface area contributed by atoms with Crippen molar-refractivity contribution in [2.75, 3.05) is 12.9 Å². The number of ether oxygens (including phenoxy) is 1. The average molecular weight is 269 g/mol. The first-order valence-corrected chi connectivity index (χ1v) is 6.48. The van der Waals surface area contributed by atoms with Crippen molar-refractivity contribution in [2.24, 2.45) is 0 Å². The third-order valence-electron chi connectivity index (χ3n) is 2.17. The molecule has 0 spiro atoms.